The Bertz CT molecular complexity index is 1160. The fraction of sp³-hybridized carbons (Fsp3) is 0.625. The van der Waals surface area contributed by atoms with Crippen LogP contribution in [0.2, 0.25) is 0 Å². The van der Waals surface area contributed by atoms with Crippen molar-refractivity contribution in [2.45, 2.75) is 96.7 Å². The lowest BCUT2D eigenvalue weighted by Crippen LogP contribution is -2.57. The molecule has 0 aromatic heterocycles. The molecule has 41 heavy (non-hydrogen) atoms. The zero-order chi connectivity index (χ0) is 29.6. The average Bonchev–Trinajstić information content (AvgIpc) is 3.36. The largest absolute Gasteiger partial charge is 0.467 e. The summed E-state index contributed by atoms with van der Waals surface area (Å²) >= 11 is 0. The Kier molecular flexibility index (Phi) is 10.1. The van der Waals surface area contributed by atoms with Crippen molar-refractivity contribution in [1.29, 1.82) is 0 Å². The summed E-state index contributed by atoms with van der Waals surface area (Å²) in [6.07, 6.45) is 9.58. The van der Waals surface area contributed by atoms with Crippen molar-refractivity contribution >= 4 is 30.0 Å². The lowest BCUT2D eigenvalue weighted by atomic mass is 9.80. The monoisotopic (exact) mass is 568 g/mol. The number of carbonyl (C=O) groups is 4. The van der Waals surface area contributed by atoms with E-state index in [1.807, 2.05) is 20.8 Å². The van der Waals surface area contributed by atoms with Gasteiger partial charge in [0, 0.05) is 12.8 Å². The predicted molar refractivity (Wildman–Crippen MR) is 154 cm³/mol. The number of methoxy groups -OCH3 is 1. The van der Waals surface area contributed by atoms with Gasteiger partial charge in [-0.25, -0.2) is 9.59 Å². The number of amides is 2. The number of nitrogens with one attached hydrogen (secondary N) is 1. The molecule has 5 rings (SSSR count). The van der Waals surface area contributed by atoms with Gasteiger partial charge in [0.2, 0.25) is 5.91 Å². The second-order valence-corrected chi connectivity index (χ2v) is 12.5. The summed E-state index contributed by atoms with van der Waals surface area (Å²) in [5.74, 6) is -0.950. The number of rotatable bonds is 1. The van der Waals surface area contributed by atoms with Gasteiger partial charge in [-0.3, -0.25) is 9.59 Å². The first-order valence-corrected chi connectivity index (χ1v) is 14.8. The second kappa shape index (κ2) is 13.5. The van der Waals surface area contributed by atoms with Crippen LogP contribution in [-0.2, 0) is 41.4 Å². The normalized spacial score (nSPS) is 27.4. The minimum atomic E-state index is -0.951. The molecule has 0 radical (unpaired) electrons. The Morgan fingerprint density at radius 1 is 1.10 bits per heavy atom. The summed E-state index contributed by atoms with van der Waals surface area (Å²) in [5, 5.41) is 2.72. The van der Waals surface area contributed by atoms with E-state index in [-0.39, 0.29) is 32.0 Å². The van der Waals surface area contributed by atoms with Gasteiger partial charge in [0.15, 0.2) is 0 Å². The maximum Gasteiger partial charge on any atom is 0.407 e. The first-order chi connectivity index (χ1) is 19.6. The third kappa shape index (κ3) is 7.89. The Balaban J connectivity index is 1.53. The van der Waals surface area contributed by atoms with E-state index in [1.165, 1.54) is 28.7 Å². The van der Waals surface area contributed by atoms with Crippen molar-refractivity contribution in [3.05, 3.63) is 41.0 Å². The fourth-order valence-electron chi connectivity index (χ4n) is 6.08. The molecule has 2 amide bonds. The summed E-state index contributed by atoms with van der Waals surface area (Å²) in [5.41, 5.74) is 3.31. The lowest BCUT2D eigenvalue weighted by Gasteiger charge is -2.34. The number of hydrogen-bond donors (Lipinski definition) is 1. The molecular weight excluding hydrogens is 524 g/mol. The Hall–Kier alpha value is -3.36. The topological polar surface area (TPSA) is 111 Å². The van der Waals surface area contributed by atoms with E-state index in [2.05, 4.69) is 35.7 Å². The summed E-state index contributed by atoms with van der Waals surface area (Å²) in [7, 11) is 1.27. The van der Waals surface area contributed by atoms with Crippen LogP contribution >= 0.6 is 0 Å². The number of ether oxygens (including phenoxy) is 3. The highest BCUT2D eigenvalue weighted by atomic mass is 16.6. The summed E-state index contributed by atoms with van der Waals surface area (Å²) in [6.45, 7) is 5.79. The molecule has 1 aromatic rings. The van der Waals surface area contributed by atoms with Crippen LogP contribution in [0.3, 0.4) is 0 Å². The van der Waals surface area contributed by atoms with Crippen LogP contribution in [0, 0.1) is 11.3 Å². The van der Waals surface area contributed by atoms with Gasteiger partial charge < -0.3 is 24.4 Å². The summed E-state index contributed by atoms with van der Waals surface area (Å²) in [4.78, 5) is 53.3. The first kappa shape index (κ1) is 30.6. The number of benzene rings is 1. The summed E-state index contributed by atoms with van der Waals surface area (Å²) in [6, 6.07) is 4.58. The molecule has 4 aliphatic rings. The third-order valence-electron chi connectivity index (χ3n) is 8.37. The van der Waals surface area contributed by atoms with E-state index in [4.69, 9.17) is 14.2 Å². The number of fused-ring (bicyclic) bond motifs is 13. The number of alkyl carbamates (subject to hydrolysis) is 1. The highest BCUT2D eigenvalue weighted by Crippen LogP contribution is 2.32. The number of hydrogen-bond acceptors (Lipinski definition) is 7. The molecule has 224 valence electrons. The molecule has 1 N–H and O–H groups in total. The minimum Gasteiger partial charge on any atom is -0.467 e. The van der Waals surface area contributed by atoms with Crippen molar-refractivity contribution in [2.24, 2.45) is 11.3 Å². The van der Waals surface area contributed by atoms with E-state index in [0.717, 1.165) is 38.5 Å². The molecule has 9 nitrogen and oxygen atoms in total. The molecule has 6 bridgehead atoms. The van der Waals surface area contributed by atoms with E-state index in [1.54, 1.807) is 0 Å². The molecule has 1 unspecified atom stereocenters. The molecule has 3 heterocycles. The summed E-state index contributed by atoms with van der Waals surface area (Å²) < 4.78 is 16.1. The minimum absolute atomic E-state index is 0.0558. The van der Waals surface area contributed by atoms with Gasteiger partial charge in [-0.1, -0.05) is 51.1 Å². The highest BCUT2D eigenvalue weighted by molar-refractivity contribution is 5.91. The van der Waals surface area contributed by atoms with Crippen molar-refractivity contribution in [2.75, 3.05) is 20.3 Å². The smallest absolute Gasteiger partial charge is 0.407 e. The number of allylic oxidation sites excluding steroid dienone is 1. The van der Waals surface area contributed by atoms with E-state index < -0.39 is 41.6 Å². The molecule has 0 saturated carbocycles. The van der Waals surface area contributed by atoms with Gasteiger partial charge in [-0.15, -0.1) is 0 Å². The number of esters is 2. The van der Waals surface area contributed by atoms with Gasteiger partial charge in [-0.2, -0.15) is 0 Å². The molecule has 4 atom stereocenters. The van der Waals surface area contributed by atoms with Crippen LogP contribution in [0.4, 0.5) is 4.79 Å². The highest BCUT2D eigenvalue weighted by Gasteiger charge is 2.46. The molecule has 9 heteroatoms. The molecule has 3 aliphatic heterocycles. The van der Waals surface area contributed by atoms with Gasteiger partial charge >= 0.3 is 18.0 Å². The van der Waals surface area contributed by atoms with Gasteiger partial charge in [0.05, 0.1) is 20.3 Å². The number of nitrogens with zero attached hydrogens (tertiary/aromatic N) is 1. The van der Waals surface area contributed by atoms with Crippen LogP contribution in [0.15, 0.2) is 24.3 Å². The third-order valence-corrected chi connectivity index (χ3v) is 8.37. The van der Waals surface area contributed by atoms with Crippen LogP contribution in [0.25, 0.3) is 6.08 Å². The molecule has 1 aromatic carbocycles. The maximum atomic E-state index is 13.8. The van der Waals surface area contributed by atoms with Crippen LogP contribution < -0.4 is 5.32 Å². The average molecular weight is 569 g/mol. The van der Waals surface area contributed by atoms with Crippen molar-refractivity contribution in [3.63, 3.8) is 0 Å². The van der Waals surface area contributed by atoms with Crippen LogP contribution in [0.5, 0.6) is 0 Å². The quantitative estimate of drug-likeness (QED) is 0.390. The zero-order valence-corrected chi connectivity index (χ0v) is 24.8. The van der Waals surface area contributed by atoms with Crippen molar-refractivity contribution in [3.8, 4) is 0 Å². The zero-order valence-electron chi connectivity index (χ0n) is 24.8. The Morgan fingerprint density at radius 3 is 2.63 bits per heavy atom. The predicted octanol–water partition coefficient (Wildman–Crippen LogP) is 4.60. The van der Waals surface area contributed by atoms with E-state index in [9.17, 15) is 19.2 Å². The van der Waals surface area contributed by atoms with E-state index >= 15 is 0 Å². The fourth-order valence-corrected chi connectivity index (χ4v) is 6.08. The van der Waals surface area contributed by atoms with Crippen LogP contribution in [-0.4, -0.2) is 67.3 Å². The van der Waals surface area contributed by atoms with Crippen molar-refractivity contribution < 1.29 is 33.4 Å². The lowest BCUT2D eigenvalue weighted by molar-refractivity contribution is -0.152. The number of carbonyl (C=O) groups excluding carboxylic acids is 4. The Morgan fingerprint density at radius 2 is 1.88 bits per heavy atom. The van der Waals surface area contributed by atoms with Gasteiger partial charge in [0.25, 0.3) is 0 Å². The molecule has 0 spiro atoms. The van der Waals surface area contributed by atoms with E-state index in [0.29, 0.717) is 12.3 Å². The molecule has 1 fully saturated rings. The Labute approximate surface area is 243 Å². The SMILES string of the molecule is COC(=O)[C@@H]1C[C@@H]2CN1C(=O)[C@H](C(C)(C)C)NC(=O)OCCCC/C=C/c1cccc3c1CCC(CCC(=O)O2)C3. The first-order valence-electron chi connectivity index (χ1n) is 14.8. The maximum absolute atomic E-state index is 13.8. The molecule has 1 saturated heterocycles. The van der Waals surface area contributed by atoms with Crippen LogP contribution in [0.1, 0.15) is 82.4 Å². The molecular formula is C32H44N2O7. The van der Waals surface area contributed by atoms with Gasteiger partial charge in [0.1, 0.15) is 18.2 Å². The molecule has 1 aliphatic carbocycles. The van der Waals surface area contributed by atoms with Gasteiger partial charge in [-0.05, 0) is 73.0 Å². The second-order valence-electron chi connectivity index (χ2n) is 12.5. The van der Waals surface area contributed by atoms with Crippen molar-refractivity contribution in [1.82, 2.24) is 10.2 Å². The standard InChI is InChI=1S/C32H44N2O7/c1-32(2,3)28-29(36)34-20-24(19-26(34)30(37)39-4)41-27(35)16-14-21-13-15-25-22(11-9-12-23(25)18-21)10-7-5-6-8-17-40-31(38)33-28/h7,9-12,21,24,26,28H,5-6,8,13-20H2,1-4H3,(H,33,38)/b10-7+/t21?,24-,26+,28-/m1/s1.